The van der Waals surface area contributed by atoms with Crippen LogP contribution in [0, 0.1) is 0 Å². The Morgan fingerprint density at radius 2 is 1.82 bits per heavy atom. The minimum atomic E-state index is -1.20. The van der Waals surface area contributed by atoms with Crippen LogP contribution in [0.25, 0.3) is 5.69 Å². The number of aromatic nitrogens is 3. The normalized spacial score (nSPS) is 14.7. The first-order chi connectivity index (χ1) is 18.5. The monoisotopic (exact) mass is 553 g/mol. The van der Waals surface area contributed by atoms with Gasteiger partial charge in [0.2, 0.25) is 0 Å². The molecular formula is C28H32ClN5O5. The molecular weight excluding hydrogens is 522 g/mol. The number of ether oxygens (including phenoxy) is 1. The molecule has 2 amide bonds. The summed E-state index contributed by atoms with van der Waals surface area (Å²) >= 11 is 6.15. The minimum absolute atomic E-state index is 0.153. The number of pyridine rings is 1. The highest BCUT2D eigenvalue weighted by Crippen LogP contribution is 2.31. The number of hydrogen-bond acceptors (Lipinski definition) is 6. The SMILES string of the molecule is CC.CC(C)(C)OC(=O)N1CCc2ncc(N3CCc4c(C(=O)O)nn(-c5cccc(Cl)c5)c4C3=O)cc2C1. The first-order valence-corrected chi connectivity index (χ1v) is 13.3. The fraction of sp³-hybridized carbons (Fsp3) is 0.393. The van der Waals surface area contributed by atoms with Gasteiger partial charge in [-0.1, -0.05) is 31.5 Å². The van der Waals surface area contributed by atoms with Gasteiger partial charge < -0.3 is 19.6 Å². The topological polar surface area (TPSA) is 118 Å². The number of aromatic carboxylic acids is 1. The zero-order valence-corrected chi connectivity index (χ0v) is 23.4. The van der Waals surface area contributed by atoms with Crippen LogP contribution in [-0.4, -0.2) is 61.4 Å². The van der Waals surface area contributed by atoms with E-state index in [0.717, 1.165) is 11.3 Å². The summed E-state index contributed by atoms with van der Waals surface area (Å²) in [5.74, 6) is -1.58. The number of benzene rings is 1. The molecule has 0 aliphatic carbocycles. The van der Waals surface area contributed by atoms with E-state index in [1.807, 2.05) is 40.7 Å². The van der Waals surface area contributed by atoms with Crippen LogP contribution in [0.3, 0.4) is 0 Å². The number of hydrogen-bond donors (Lipinski definition) is 1. The molecule has 0 spiro atoms. The standard InChI is InChI=1S/C26H26ClN5O5.C2H6/c1-26(2,3)37-25(36)30-9-8-20-15(14-30)11-18(13-28-20)31-10-7-19-21(24(34)35)29-32(22(19)23(31)33)17-6-4-5-16(27)12-17;1-2/h4-6,11-13H,7-10,14H2,1-3H3,(H,34,35);1-2H3. The maximum absolute atomic E-state index is 13.8. The second-order valence-corrected chi connectivity index (χ2v) is 10.5. The van der Waals surface area contributed by atoms with Crippen molar-refractivity contribution in [2.24, 2.45) is 0 Å². The average molecular weight is 554 g/mol. The van der Waals surface area contributed by atoms with Crippen molar-refractivity contribution in [2.45, 2.75) is 59.6 Å². The third-order valence-electron chi connectivity index (χ3n) is 6.26. The third-order valence-corrected chi connectivity index (χ3v) is 6.50. The van der Waals surface area contributed by atoms with Gasteiger partial charge in [0.05, 0.1) is 24.1 Å². The quantitative estimate of drug-likeness (QED) is 0.477. The summed E-state index contributed by atoms with van der Waals surface area (Å²) in [6.45, 7) is 10.6. The average Bonchev–Trinajstić information content (AvgIpc) is 3.29. The molecule has 10 nitrogen and oxygen atoms in total. The van der Waals surface area contributed by atoms with Gasteiger partial charge in [0, 0.05) is 35.8 Å². The first-order valence-electron chi connectivity index (χ1n) is 12.9. The van der Waals surface area contributed by atoms with Gasteiger partial charge in [-0.05, 0) is 57.0 Å². The molecule has 206 valence electrons. The Hall–Kier alpha value is -3.92. The number of carbonyl (C=O) groups is 3. The van der Waals surface area contributed by atoms with Gasteiger partial charge in [0.1, 0.15) is 11.3 Å². The van der Waals surface area contributed by atoms with Gasteiger partial charge in [-0.15, -0.1) is 0 Å². The van der Waals surface area contributed by atoms with Gasteiger partial charge >= 0.3 is 12.1 Å². The van der Waals surface area contributed by atoms with E-state index in [9.17, 15) is 19.5 Å². The van der Waals surface area contributed by atoms with E-state index in [2.05, 4.69) is 10.1 Å². The lowest BCUT2D eigenvalue weighted by Gasteiger charge is -2.32. The lowest BCUT2D eigenvalue weighted by atomic mass is 10.0. The Morgan fingerprint density at radius 3 is 2.49 bits per heavy atom. The number of anilines is 1. The molecule has 5 rings (SSSR count). The van der Waals surface area contributed by atoms with Crippen molar-refractivity contribution in [1.82, 2.24) is 19.7 Å². The zero-order chi connectivity index (χ0) is 28.5. The Balaban J connectivity index is 0.00000172. The van der Waals surface area contributed by atoms with Crippen LogP contribution >= 0.6 is 11.6 Å². The number of carboxylic acid groups (broad SMARTS) is 1. The number of carboxylic acids is 1. The molecule has 0 atom stereocenters. The van der Waals surface area contributed by atoms with Crippen molar-refractivity contribution in [3.8, 4) is 5.69 Å². The molecule has 0 bridgehead atoms. The Labute approximate surface area is 232 Å². The lowest BCUT2D eigenvalue weighted by molar-refractivity contribution is 0.0222. The van der Waals surface area contributed by atoms with Gasteiger partial charge in [0.25, 0.3) is 5.91 Å². The Bertz CT molecular complexity index is 1430. The molecule has 0 saturated heterocycles. The summed E-state index contributed by atoms with van der Waals surface area (Å²) < 4.78 is 6.86. The maximum Gasteiger partial charge on any atom is 0.410 e. The highest BCUT2D eigenvalue weighted by Gasteiger charge is 2.36. The molecule has 2 aliphatic heterocycles. The number of halogens is 1. The summed E-state index contributed by atoms with van der Waals surface area (Å²) in [6.07, 6.45) is 2.14. The van der Waals surface area contributed by atoms with Crippen molar-refractivity contribution in [3.63, 3.8) is 0 Å². The highest BCUT2D eigenvalue weighted by molar-refractivity contribution is 6.30. The van der Waals surface area contributed by atoms with Crippen LogP contribution in [0.2, 0.25) is 5.02 Å². The van der Waals surface area contributed by atoms with Crippen LogP contribution in [0.1, 0.15) is 72.4 Å². The number of rotatable bonds is 3. The largest absolute Gasteiger partial charge is 0.476 e. The Kier molecular flexibility index (Phi) is 7.96. The summed E-state index contributed by atoms with van der Waals surface area (Å²) in [5.41, 5.74) is 2.57. The van der Waals surface area contributed by atoms with E-state index in [0.29, 0.717) is 47.9 Å². The molecule has 0 saturated carbocycles. The summed E-state index contributed by atoms with van der Waals surface area (Å²) in [6, 6.07) is 8.59. The van der Waals surface area contributed by atoms with Gasteiger partial charge in [-0.25, -0.2) is 14.3 Å². The zero-order valence-electron chi connectivity index (χ0n) is 22.7. The minimum Gasteiger partial charge on any atom is -0.476 e. The van der Waals surface area contributed by atoms with E-state index < -0.39 is 17.7 Å². The van der Waals surface area contributed by atoms with Gasteiger partial charge in [-0.3, -0.25) is 9.78 Å². The third kappa shape index (κ3) is 5.75. The highest BCUT2D eigenvalue weighted by atomic mass is 35.5. The number of amides is 2. The van der Waals surface area contributed by atoms with E-state index in [1.54, 1.807) is 40.3 Å². The molecule has 11 heteroatoms. The van der Waals surface area contributed by atoms with Crippen LogP contribution in [0.15, 0.2) is 36.5 Å². The second-order valence-electron chi connectivity index (χ2n) is 10.0. The van der Waals surface area contributed by atoms with Crippen molar-refractivity contribution in [1.29, 1.82) is 0 Å². The summed E-state index contributed by atoms with van der Waals surface area (Å²) in [5, 5.41) is 14.4. The molecule has 0 fully saturated rings. The second kappa shape index (κ2) is 11.1. The molecule has 2 aliphatic rings. The first kappa shape index (κ1) is 28.1. The molecule has 1 aromatic carbocycles. The molecule has 39 heavy (non-hydrogen) atoms. The number of carbonyl (C=O) groups excluding carboxylic acids is 2. The molecule has 2 aromatic heterocycles. The van der Waals surface area contributed by atoms with Crippen LogP contribution in [0.4, 0.5) is 10.5 Å². The van der Waals surface area contributed by atoms with Gasteiger partial charge in [-0.2, -0.15) is 5.10 Å². The van der Waals surface area contributed by atoms with E-state index in [4.69, 9.17) is 16.3 Å². The van der Waals surface area contributed by atoms with Crippen molar-refractivity contribution < 1.29 is 24.2 Å². The predicted octanol–water partition coefficient (Wildman–Crippen LogP) is 5.14. The molecule has 3 aromatic rings. The van der Waals surface area contributed by atoms with E-state index in [1.165, 1.54) is 4.68 Å². The maximum atomic E-state index is 13.8. The summed E-state index contributed by atoms with van der Waals surface area (Å²) in [7, 11) is 0. The number of fused-ring (bicyclic) bond motifs is 2. The van der Waals surface area contributed by atoms with Crippen LogP contribution < -0.4 is 4.90 Å². The van der Waals surface area contributed by atoms with Crippen molar-refractivity contribution in [3.05, 3.63) is 69.8 Å². The van der Waals surface area contributed by atoms with Crippen LogP contribution in [0.5, 0.6) is 0 Å². The lowest BCUT2D eigenvalue weighted by Crippen LogP contribution is -2.41. The fourth-order valence-electron chi connectivity index (χ4n) is 4.62. The van der Waals surface area contributed by atoms with Crippen LogP contribution in [-0.2, 0) is 24.1 Å². The molecule has 0 radical (unpaired) electrons. The van der Waals surface area contributed by atoms with Crippen molar-refractivity contribution >= 4 is 35.3 Å². The fourth-order valence-corrected chi connectivity index (χ4v) is 4.80. The van der Waals surface area contributed by atoms with E-state index >= 15 is 0 Å². The molecule has 4 heterocycles. The van der Waals surface area contributed by atoms with E-state index in [-0.39, 0.29) is 23.8 Å². The van der Waals surface area contributed by atoms with Gasteiger partial charge in [0.15, 0.2) is 5.69 Å². The number of nitrogens with zero attached hydrogens (tertiary/aromatic N) is 5. The van der Waals surface area contributed by atoms with Crippen molar-refractivity contribution in [2.75, 3.05) is 18.0 Å². The summed E-state index contributed by atoms with van der Waals surface area (Å²) in [4.78, 5) is 46.0. The molecule has 0 unspecified atom stereocenters. The predicted molar refractivity (Wildman–Crippen MR) is 147 cm³/mol. The Morgan fingerprint density at radius 1 is 1.08 bits per heavy atom. The molecule has 1 N–H and O–H groups in total. The smallest absolute Gasteiger partial charge is 0.410 e.